The van der Waals surface area contributed by atoms with Crippen LogP contribution in [0.1, 0.15) is 22.6 Å². The Morgan fingerprint density at radius 3 is 2.64 bits per heavy atom. The van der Waals surface area contributed by atoms with Crippen LogP contribution >= 0.6 is 27.7 Å². The summed E-state index contributed by atoms with van der Waals surface area (Å²) in [5.74, 6) is -3.67. The van der Waals surface area contributed by atoms with Crippen LogP contribution in [0.5, 0.6) is 0 Å². The summed E-state index contributed by atoms with van der Waals surface area (Å²) in [4.78, 5) is 37.9. The fourth-order valence-electron chi connectivity index (χ4n) is 3.59. The molecule has 9 heteroatoms. The summed E-state index contributed by atoms with van der Waals surface area (Å²) in [5, 5.41) is 15.7. The molecule has 2 aromatic carbocycles. The Morgan fingerprint density at radius 2 is 1.97 bits per heavy atom. The largest absolute Gasteiger partial charge is 0.468 e. The molecule has 0 unspecified atom stereocenters. The Hall–Kier alpha value is -3.09. The average Bonchev–Trinajstić information content (AvgIpc) is 2.79. The van der Waals surface area contributed by atoms with Crippen molar-refractivity contribution in [1.29, 1.82) is 5.26 Å². The van der Waals surface area contributed by atoms with E-state index in [-0.39, 0.29) is 22.3 Å². The minimum Gasteiger partial charge on any atom is -0.468 e. The van der Waals surface area contributed by atoms with Gasteiger partial charge in [-0.2, -0.15) is 5.26 Å². The number of amides is 2. The van der Waals surface area contributed by atoms with Crippen LogP contribution in [-0.2, 0) is 19.1 Å². The van der Waals surface area contributed by atoms with Crippen molar-refractivity contribution in [3.05, 3.63) is 74.2 Å². The van der Waals surface area contributed by atoms with Crippen LogP contribution in [0.15, 0.2) is 57.5 Å². The minimum atomic E-state index is -1.22. The van der Waals surface area contributed by atoms with E-state index in [2.05, 4.69) is 32.6 Å². The molecule has 0 saturated heterocycles. The van der Waals surface area contributed by atoms with E-state index in [1.165, 1.54) is 7.11 Å². The van der Waals surface area contributed by atoms with E-state index in [4.69, 9.17) is 4.74 Å². The first-order valence-electron chi connectivity index (χ1n) is 10.0. The first kappa shape index (κ1) is 24.6. The monoisotopic (exact) mass is 527 g/mol. The molecule has 0 aromatic heterocycles. The van der Waals surface area contributed by atoms with E-state index < -0.39 is 23.7 Å². The predicted octanol–water partition coefficient (Wildman–Crippen LogP) is 4.18. The van der Waals surface area contributed by atoms with Crippen LogP contribution in [-0.4, -0.2) is 30.6 Å². The highest BCUT2D eigenvalue weighted by Crippen LogP contribution is 2.40. The molecular weight excluding hydrogens is 506 g/mol. The van der Waals surface area contributed by atoms with Gasteiger partial charge in [-0.15, -0.1) is 0 Å². The number of anilines is 1. The number of benzene rings is 2. The molecule has 0 radical (unpaired) electrons. The molecule has 170 valence electrons. The second kappa shape index (κ2) is 10.7. The zero-order chi connectivity index (χ0) is 24.1. The molecule has 0 fully saturated rings. The number of hydrogen-bond acceptors (Lipinski definition) is 6. The maximum Gasteiger partial charge on any atom is 0.319 e. The molecule has 1 aliphatic rings. The molecule has 33 heavy (non-hydrogen) atoms. The van der Waals surface area contributed by atoms with E-state index in [0.29, 0.717) is 11.3 Å². The van der Waals surface area contributed by atoms with E-state index >= 15 is 0 Å². The van der Waals surface area contributed by atoms with Crippen molar-refractivity contribution < 1.29 is 19.1 Å². The standard InChI is InChI=1S/C24H22BrN3O4S/c1-13-6-4-9-18(14(13)2)27-19(29)12-33-23-17(11-26)20(15-7-5-8-16(25)10-15)21(22(30)28-23)24(31)32-3/h4-10,20-21H,12H2,1-3H3,(H,27,29)(H,28,30)/t20-,21+/m0/s1. The fraction of sp³-hybridized carbons (Fsp3) is 0.250. The predicted molar refractivity (Wildman–Crippen MR) is 130 cm³/mol. The second-order valence-electron chi connectivity index (χ2n) is 7.46. The van der Waals surface area contributed by atoms with Gasteiger partial charge in [0, 0.05) is 16.1 Å². The van der Waals surface area contributed by atoms with Crippen LogP contribution in [0.2, 0.25) is 0 Å². The number of methoxy groups -OCH3 is 1. The van der Waals surface area contributed by atoms with Crippen molar-refractivity contribution in [2.24, 2.45) is 5.92 Å². The van der Waals surface area contributed by atoms with Crippen molar-refractivity contribution in [1.82, 2.24) is 5.32 Å². The first-order chi connectivity index (χ1) is 15.8. The lowest BCUT2D eigenvalue weighted by atomic mass is 9.78. The Morgan fingerprint density at radius 1 is 1.24 bits per heavy atom. The lowest BCUT2D eigenvalue weighted by Gasteiger charge is -2.31. The van der Waals surface area contributed by atoms with Gasteiger partial charge in [0.2, 0.25) is 11.8 Å². The van der Waals surface area contributed by atoms with E-state index in [9.17, 15) is 19.6 Å². The van der Waals surface area contributed by atoms with Gasteiger partial charge in [0.1, 0.15) is 5.92 Å². The Bertz CT molecular complexity index is 1190. The zero-order valence-corrected chi connectivity index (χ0v) is 20.7. The smallest absolute Gasteiger partial charge is 0.319 e. The Labute approximate surface area is 204 Å². The van der Waals surface area contributed by atoms with Crippen molar-refractivity contribution in [3.63, 3.8) is 0 Å². The number of aryl methyl sites for hydroxylation is 1. The van der Waals surface area contributed by atoms with Gasteiger partial charge in [0.05, 0.1) is 29.5 Å². The number of esters is 1. The van der Waals surface area contributed by atoms with Gasteiger partial charge in [0.25, 0.3) is 0 Å². The molecule has 0 aliphatic carbocycles. The number of ether oxygens (including phenoxy) is 1. The molecule has 7 nitrogen and oxygen atoms in total. The van der Waals surface area contributed by atoms with Gasteiger partial charge < -0.3 is 15.4 Å². The maximum absolute atomic E-state index is 12.9. The number of rotatable bonds is 6. The highest BCUT2D eigenvalue weighted by molar-refractivity contribution is 9.10. The molecule has 0 saturated carbocycles. The summed E-state index contributed by atoms with van der Waals surface area (Å²) in [6.07, 6.45) is 0. The number of thioether (sulfide) groups is 1. The zero-order valence-electron chi connectivity index (χ0n) is 18.3. The first-order valence-corrected chi connectivity index (χ1v) is 11.8. The molecule has 2 atom stereocenters. The normalized spacial score (nSPS) is 17.7. The molecular formula is C24H22BrN3O4S. The molecule has 3 rings (SSSR count). The molecule has 2 amide bonds. The summed E-state index contributed by atoms with van der Waals surface area (Å²) in [6, 6.07) is 14.8. The number of nitriles is 1. The second-order valence-corrected chi connectivity index (χ2v) is 9.36. The SMILES string of the molecule is COC(=O)[C@H]1C(=O)NC(SCC(=O)Nc2cccc(C)c2C)=C(C#N)[C@@H]1c1cccc(Br)c1. The van der Waals surface area contributed by atoms with Gasteiger partial charge in [-0.05, 0) is 48.7 Å². The van der Waals surface area contributed by atoms with Gasteiger partial charge in [0.15, 0.2) is 0 Å². The number of carbonyl (C=O) groups excluding carboxylic acids is 3. The topological polar surface area (TPSA) is 108 Å². The highest BCUT2D eigenvalue weighted by atomic mass is 79.9. The number of carbonyl (C=O) groups is 3. The number of hydrogen-bond donors (Lipinski definition) is 2. The number of allylic oxidation sites excluding steroid dienone is 1. The molecule has 1 aliphatic heterocycles. The molecule has 0 spiro atoms. The average molecular weight is 528 g/mol. The summed E-state index contributed by atoms with van der Waals surface area (Å²) in [7, 11) is 1.20. The third-order valence-corrected chi connectivity index (χ3v) is 6.93. The summed E-state index contributed by atoms with van der Waals surface area (Å²) in [6.45, 7) is 3.88. The Kier molecular flexibility index (Phi) is 7.95. The van der Waals surface area contributed by atoms with Crippen molar-refractivity contribution in [2.75, 3.05) is 18.2 Å². The maximum atomic E-state index is 12.9. The third kappa shape index (κ3) is 5.46. The van der Waals surface area contributed by atoms with E-state index in [1.54, 1.807) is 18.2 Å². The van der Waals surface area contributed by atoms with Crippen molar-refractivity contribution in [3.8, 4) is 6.07 Å². The highest BCUT2D eigenvalue weighted by Gasteiger charge is 2.44. The third-order valence-electron chi connectivity index (χ3n) is 5.42. The van der Waals surface area contributed by atoms with Crippen molar-refractivity contribution in [2.45, 2.75) is 19.8 Å². The molecule has 2 aromatic rings. The van der Waals surface area contributed by atoms with Gasteiger partial charge in [-0.1, -0.05) is 52.0 Å². The minimum absolute atomic E-state index is 0.0255. The lowest BCUT2D eigenvalue weighted by Crippen LogP contribution is -2.44. The van der Waals surface area contributed by atoms with E-state index in [0.717, 1.165) is 27.4 Å². The van der Waals surface area contributed by atoms with Crippen LogP contribution < -0.4 is 10.6 Å². The number of nitrogens with zero attached hydrogens (tertiary/aromatic N) is 1. The quantitative estimate of drug-likeness (QED) is 0.431. The lowest BCUT2D eigenvalue weighted by molar-refractivity contribution is -0.150. The van der Waals surface area contributed by atoms with E-state index in [1.807, 2.05) is 38.1 Å². The van der Waals surface area contributed by atoms with Crippen LogP contribution in [0.3, 0.4) is 0 Å². The molecule has 1 heterocycles. The van der Waals surface area contributed by atoms with Crippen LogP contribution in [0, 0.1) is 31.1 Å². The van der Waals surface area contributed by atoms with Gasteiger partial charge in [-0.25, -0.2) is 0 Å². The summed E-state index contributed by atoms with van der Waals surface area (Å²) >= 11 is 4.44. The van der Waals surface area contributed by atoms with Crippen LogP contribution in [0.25, 0.3) is 0 Å². The van der Waals surface area contributed by atoms with Gasteiger partial charge >= 0.3 is 5.97 Å². The van der Waals surface area contributed by atoms with Gasteiger partial charge in [-0.3, -0.25) is 14.4 Å². The summed E-state index contributed by atoms with van der Waals surface area (Å²) in [5.41, 5.74) is 3.55. The van der Waals surface area contributed by atoms with Crippen molar-refractivity contribution >= 4 is 51.2 Å². The number of nitrogens with one attached hydrogen (secondary N) is 2. The fourth-order valence-corrected chi connectivity index (χ4v) is 4.86. The van der Waals surface area contributed by atoms with Crippen LogP contribution in [0.4, 0.5) is 5.69 Å². The molecule has 2 N–H and O–H groups in total. The summed E-state index contributed by atoms with van der Waals surface area (Å²) < 4.78 is 5.59. The Balaban J connectivity index is 1.90. The number of halogens is 1. The molecule has 0 bridgehead atoms.